The number of carbonyl (C=O) groups is 1. The summed E-state index contributed by atoms with van der Waals surface area (Å²) in [4.78, 5) is 12.7. The van der Waals surface area contributed by atoms with Crippen molar-refractivity contribution in [1.82, 2.24) is 0 Å². The summed E-state index contributed by atoms with van der Waals surface area (Å²) in [5.74, 6) is -0.755. The van der Waals surface area contributed by atoms with Gasteiger partial charge < -0.3 is 11.1 Å². The molecule has 6 heteroatoms. The SMILES string of the molecule is NC(=S)C1(C(=O)Nc2cc(F)ccc2Cl)CCCCC1. The number of halogens is 2. The van der Waals surface area contributed by atoms with Crippen LogP contribution in [0.15, 0.2) is 18.2 Å². The molecule has 1 aromatic rings. The highest BCUT2D eigenvalue weighted by molar-refractivity contribution is 7.80. The topological polar surface area (TPSA) is 55.1 Å². The highest BCUT2D eigenvalue weighted by Gasteiger charge is 2.42. The van der Waals surface area contributed by atoms with E-state index in [1.807, 2.05) is 0 Å². The molecule has 0 aromatic heterocycles. The van der Waals surface area contributed by atoms with Crippen molar-refractivity contribution in [2.45, 2.75) is 32.1 Å². The second-order valence-corrected chi connectivity index (χ2v) is 5.93. The monoisotopic (exact) mass is 314 g/mol. The zero-order valence-electron chi connectivity index (χ0n) is 10.9. The molecule has 108 valence electrons. The van der Waals surface area contributed by atoms with Gasteiger partial charge in [0.2, 0.25) is 5.91 Å². The lowest BCUT2D eigenvalue weighted by molar-refractivity contribution is -0.123. The summed E-state index contributed by atoms with van der Waals surface area (Å²) in [7, 11) is 0. The van der Waals surface area contributed by atoms with Crippen molar-refractivity contribution < 1.29 is 9.18 Å². The molecule has 20 heavy (non-hydrogen) atoms. The Balaban J connectivity index is 2.25. The maximum absolute atomic E-state index is 13.2. The van der Waals surface area contributed by atoms with E-state index in [2.05, 4.69) is 5.32 Å². The van der Waals surface area contributed by atoms with Crippen molar-refractivity contribution in [1.29, 1.82) is 0 Å². The van der Waals surface area contributed by atoms with E-state index in [1.54, 1.807) is 0 Å². The first-order valence-electron chi connectivity index (χ1n) is 6.52. The minimum Gasteiger partial charge on any atom is -0.392 e. The molecule has 3 N–H and O–H groups in total. The predicted octanol–water partition coefficient (Wildman–Crippen LogP) is 3.65. The van der Waals surface area contributed by atoms with Crippen LogP contribution in [0.5, 0.6) is 0 Å². The van der Waals surface area contributed by atoms with Gasteiger partial charge in [0.1, 0.15) is 5.82 Å². The largest absolute Gasteiger partial charge is 0.392 e. The zero-order valence-corrected chi connectivity index (χ0v) is 12.5. The molecule has 1 aromatic carbocycles. The first kappa shape index (κ1) is 15.2. The van der Waals surface area contributed by atoms with Crippen molar-refractivity contribution in [3.63, 3.8) is 0 Å². The van der Waals surface area contributed by atoms with E-state index in [9.17, 15) is 9.18 Å². The molecular weight excluding hydrogens is 299 g/mol. The highest BCUT2D eigenvalue weighted by Crippen LogP contribution is 2.38. The lowest BCUT2D eigenvalue weighted by Gasteiger charge is -2.34. The van der Waals surface area contributed by atoms with Crippen LogP contribution in [0.3, 0.4) is 0 Å². The summed E-state index contributed by atoms with van der Waals surface area (Å²) in [6, 6.07) is 3.83. The molecular formula is C14H16ClFN2OS. The van der Waals surface area contributed by atoms with Crippen LogP contribution in [0.25, 0.3) is 0 Å². The molecule has 3 nitrogen and oxygen atoms in total. The summed E-state index contributed by atoms with van der Waals surface area (Å²) in [5.41, 5.74) is 5.19. The third-order valence-corrected chi connectivity index (χ3v) is 4.51. The summed E-state index contributed by atoms with van der Waals surface area (Å²) in [6.45, 7) is 0. The Morgan fingerprint density at radius 3 is 2.60 bits per heavy atom. The van der Waals surface area contributed by atoms with Crippen LogP contribution in [0, 0.1) is 11.2 Å². The minimum absolute atomic E-state index is 0.197. The van der Waals surface area contributed by atoms with E-state index in [1.165, 1.54) is 18.2 Å². The average Bonchev–Trinajstić information content (AvgIpc) is 2.43. The van der Waals surface area contributed by atoms with Gasteiger partial charge in [-0.3, -0.25) is 4.79 Å². The lowest BCUT2D eigenvalue weighted by Crippen LogP contribution is -2.47. The number of rotatable bonds is 3. The Morgan fingerprint density at radius 2 is 2.00 bits per heavy atom. The van der Waals surface area contributed by atoms with Gasteiger partial charge in [0.25, 0.3) is 0 Å². The van der Waals surface area contributed by atoms with E-state index < -0.39 is 11.2 Å². The van der Waals surface area contributed by atoms with Crippen LogP contribution in [0.2, 0.25) is 5.02 Å². The molecule has 2 rings (SSSR count). The van der Waals surface area contributed by atoms with Gasteiger partial charge in [-0.2, -0.15) is 0 Å². The second kappa shape index (κ2) is 6.06. The normalized spacial score (nSPS) is 17.5. The molecule has 0 heterocycles. The molecule has 0 radical (unpaired) electrons. The molecule has 1 amide bonds. The van der Waals surface area contributed by atoms with E-state index in [-0.39, 0.29) is 21.6 Å². The number of nitrogens with two attached hydrogens (primary N) is 1. The Hall–Kier alpha value is -1.20. The summed E-state index contributed by atoms with van der Waals surface area (Å²) in [6.07, 6.45) is 4.13. The van der Waals surface area contributed by atoms with Crippen LogP contribution < -0.4 is 11.1 Å². The third-order valence-electron chi connectivity index (χ3n) is 3.79. The van der Waals surface area contributed by atoms with E-state index in [0.29, 0.717) is 12.8 Å². The van der Waals surface area contributed by atoms with Crippen LogP contribution in [0.1, 0.15) is 32.1 Å². The number of benzene rings is 1. The molecule has 0 atom stereocenters. The smallest absolute Gasteiger partial charge is 0.237 e. The average molecular weight is 315 g/mol. The third kappa shape index (κ3) is 2.94. The number of hydrogen-bond acceptors (Lipinski definition) is 2. The maximum Gasteiger partial charge on any atom is 0.237 e. The molecule has 0 aliphatic heterocycles. The van der Waals surface area contributed by atoms with Crippen molar-refractivity contribution in [2.24, 2.45) is 11.1 Å². The van der Waals surface area contributed by atoms with Crippen LogP contribution >= 0.6 is 23.8 Å². The van der Waals surface area contributed by atoms with Gasteiger partial charge in [-0.1, -0.05) is 43.1 Å². The fourth-order valence-corrected chi connectivity index (χ4v) is 3.04. The highest BCUT2D eigenvalue weighted by atomic mass is 35.5. The quantitative estimate of drug-likeness (QED) is 0.837. The zero-order chi connectivity index (χ0) is 14.8. The second-order valence-electron chi connectivity index (χ2n) is 5.09. The van der Waals surface area contributed by atoms with Crippen molar-refractivity contribution >= 4 is 40.4 Å². The number of thiocarbonyl (C=S) groups is 1. The van der Waals surface area contributed by atoms with Crippen molar-refractivity contribution in [3.05, 3.63) is 29.0 Å². The van der Waals surface area contributed by atoms with Crippen LogP contribution in [-0.2, 0) is 4.79 Å². The predicted molar refractivity (Wildman–Crippen MR) is 82.3 cm³/mol. The summed E-state index contributed by atoms with van der Waals surface area (Å²) >= 11 is 11.0. The lowest BCUT2D eigenvalue weighted by atomic mass is 9.73. The Kier molecular flexibility index (Phi) is 4.60. The standard InChI is InChI=1S/C14H16ClFN2OS/c15-10-5-4-9(16)8-11(10)18-13(19)14(12(17)20)6-2-1-3-7-14/h4-5,8H,1-3,6-7H2,(H2,17,20)(H,18,19). The van der Waals surface area contributed by atoms with Gasteiger partial charge in [-0.25, -0.2) is 4.39 Å². The van der Waals surface area contributed by atoms with E-state index >= 15 is 0 Å². The van der Waals surface area contributed by atoms with Crippen molar-refractivity contribution in [2.75, 3.05) is 5.32 Å². The minimum atomic E-state index is -0.844. The molecule has 0 saturated heterocycles. The number of amides is 1. The van der Waals surface area contributed by atoms with Gasteiger partial charge in [-0.05, 0) is 31.0 Å². The molecule has 1 aliphatic carbocycles. The Labute approximate surface area is 127 Å². The van der Waals surface area contributed by atoms with Crippen LogP contribution in [-0.4, -0.2) is 10.9 Å². The van der Waals surface area contributed by atoms with Crippen LogP contribution in [0.4, 0.5) is 10.1 Å². The number of hydrogen-bond donors (Lipinski definition) is 2. The fraction of sp³-hybridized carbons (Fsp3) is 0.429. The number of nitrogens with one attached hydrogen (secondary N) is 1. The number of anilines is 1. The fourth-order valence-electron chi connectivity index (χ4n) is 2.58. The molecule has 0 bridgehead atoms. The first-order valence-corrected chi connectivity index (χ1v) is 7.31. The van der Waals surface area contributed by atoms with Gasteiger partial charge in [-0.15, -0.1) is 0 Å². The molecule has 0 spiro atoms. The molecule has 1 fully saturated rings. The van der Waals surface area contributed by atoms with E-state index in [4.69, 9.17) is 29.6 Å². The molecule has 0 unspecified atom stereocenters. The molecule has 1 aliphatic rings. The van der Waals surface area contributed by atoms with Gasteiger partial charge in [0.15, 0.2) is 0 Å². The summed E-state index contributed by atoms with van der Waals surface area (Å²) < 4.78 is 13.2. The van der Waals surface area contributed by atoms with Gasteiger partial charge >= 0.3 is 0 Å². The Bertz CT molecular complexity index is 544. The summed E-state index contributed by atoms with van der Waals surface area (Å²) in [5, 5.41) is 2.95. The Morgan fingerprint density at radius 1 is 1.35 bits per heavy atom. The maximum atomic E-state index is 13.2. The first-order chi connectivity index (χ1) is 9.45. The number of carbonyl (C=O) groups excluding carboxylic acids is 1. The van der Waals surface area contributed by atoms with E-state index in [0.717, 1.165) is 19.3 Å². The van der Waals surface area contributed by atoms with Gasteiger partial charge in [0, 0.05) is 0 Å². The van der Waals surface area contributed by atoms with Gasteiger partial charge in [0.05, 0.1) is 21.1 Å². The molecule has 1 saturated carbocycles. The van der Waals surface area contributed by atoms with Crippen molar-refractivity contribution in [3.8, 4) is 0 Å².